The van der Waals surface area contributed by atoms with Gasteiger partial charge in [0, 0.05) is 26.2 Å². The summed E-state index contributed by atoms with van der Waals surface area (Å²) in [7, 11) is -3.62. The number of anilines is 1. The van der Waals surface area contributed by atoms with Gasteiger partial charge in [-0.2, -0.15) is 12.7 Å². The number of carboxylic acid groups (broad SMARTS) is 1. The number of aryl methyl sites for hydroxylation is 1. The Kier molecular flexibility index (Phi) is 4.56. The summed E-state index contributed by atoms with van der Waals surface area (Å²) in [6.07, 6.45) is 2.04. The molecule has 8 heteroatoms. The van der Waals surface area contributed by atoms with Crippen molar-refractivity contribution in [3.8, 4) is 0 Å². The summed E-state index contributed by atoms with van der Waals surface area (Å²) in [6, 6.07) is 4.63. The van der Waals surface area contributed by atoms with E-state index in [0.29, 0.717) is 57.8 Å². The van der Waals surface area contributed by atoms with Crippen molar-refractivity contribution < 1.29 is 23.1 Å². The molecule has 1 N–H and O–H groups in total. The van der Waals surface area contributed by atoms with Gasteiger partial charge < -0.3 is 9.84 Å². The van der Waals surface area contributed by atoms with Crippen LogP contribution in [0.4, 0.5) is 5.69 Å². The van der Waals surface area contributed by atoms with Gasteiger partial charge in [-0.1, -0.05) is 0 Å². The highest BCUT2D eigenvalue weighted by atomic mass is 32.2. The molecule has 1 aromatic rings. The fourth-order valence-corrected chi connectivity index (χ4v) is 4.76. The van der Waals surface area contributed by atoms with E-state index in [1.165, 1.54) is 14.7 Å². The Labute approximate surface area is 135 Å². The third kappa shape index (κ3) is 3.19. The van der Waals surface area contributed by atoms with Crippen LogP contribution in [-0.2, 0) is 21.4 Å². The minimum Gasteiger partial charge on any atom is -0.478 e. The van der Waals surface area contributed by atoms with E-state index in [1.54, 1.807) is 12.1 Å². The lowest BCUT2D eigenvalue weighted by Gasteiger charge is -2.34. The van der Waals surface area contributed by atoms with Gasteiger partial charge >= 0.3 is 16.2 Å². The maximum Gasteiger partial charge on any atom is 0.335 e. The second-order valence-corrected chi connectivity index (χ2v) is 7.55. The fraction of sp³-hybridized carbons (Fsp3) is 0.533. The van der Waals surface area contributed by atoms with Gasteiger partial charge in [-0.3, -0.25) is 4.31 Å². The van der Waals surface area contributed by atoms with E-state index in [-0.39, 0.29) is 5.56 Å². The van der Waals surface area contributed by atoms with Gasteiger partial charge in [-0.25, -0.2) is 4.79 Å². The molecule has 126 valence electrons. The Hall–Kier alpha value is -1.64. The Morgan fingerprint density at radius 2 is 1.96 bits per heavy atom. The van der Waals surface area contributed by atoms with Gasteiger partial charge in [0.25, 0.3) is 0 Å². The molecule has 0 bridgehead atoms. The maximum absolute atomic E-state index is 13.0. The molecule has 0 unspecified atom stereocenters. The Balaban J connectivity index is 1.94. The molecule has 7 nitrogen and oxygen atoms in total. The van der Waals surface area contributed by atoms with Gasteiger partial charge in [0.15, 0.2) is 0 Å². The van der Waals surface area contributed by atoms with Crippen LogP contribution in [0.2, 0.25) is 0 Å². The number of carbonyl (C=O) groups is 1. The van der Waals surface area contributed by atoms with Crippen LogP contribution in [0.1, 0.15) is 28.8 Å². The molecular weight excluding hydrogens is 320 g/mol. The summed E-state index contributed by atoms with van der Waals surface area (Å²) in [5.41, 5.74) is 1.54. The molecule has 0 aliphatic carbocycles. The van der Waals surface area contributed by atoms with Gasteiger partial charge in [-0.05, 0) is 43.0 Å². The first-order valence-electron chi connectivity index (χ1n) is 7.72. The number of hydrogen-bond donors (Lipinski definition) is 1. The molecule has 2 aliphatic heterocycles. The molecule has 1 fully saturated rings. The average Bonchev–Trinajstić information content (AvgIpc) is 2.83. The zero-order chi connectivity index (χ0) is 16.4. The molecule has 3 rings (SSSR count). The second kappa shape index (κ2) is 6.46. The van der Waals surface area contributed by atoms with Crippen LogP contribution in [0, 0.1) is 0 Å². The lowest BCUT2D eigenvalue weighted by Crippen LogP contribution is -2.47. The fourth-order valence-electron chi connectivity index (χ4n) is 3.03. The summed E-state index contributed by atoms with van der Waals surface area (Å²) in [5, 5.41) is 9.09. The number of benzene rings is 1. The third-order valence-electron chi connectivity index (χ3n) is 4.19. The van der Waals surface area contributed by atoms with Crippen molar-refractivity contribution in [3.63, 3.8) is 0 Å². The summed E-state index contributed by atoms with van der Waals surface area (Å²) < 4.78 is 34.1. The molecule has 0 radical (unpaired) electrons. The molecule has 23 heavy (non-hydrogen) atoms. The largest absolute Gasteiger partial charge is 0.478 e. The van der Waals surface area contributed by atoms with E-state index in [0.717, 1.165) is 5.56 Å². The lowest BCUT2D eigenvalue weighted by atomic mass is 10.0. The zero-order valence-corrected chi connectivity index (χ0v) is 13.6. The van der Waals surface area contributed by atoms with E-state index in [1.807, 2.05) is 0 Å². The van der Waals surface area contributed by atoms with Gasteiger partial charge in [-0.15, -0.1) is 0 Å². The molecular formula is C15H20N2O5S. The van der Waals surface area contributed by atoms with Crippen molar-refractivity contribution in [1.82, 2.24) is 4.31 Å². The van der Waals surface area contributed by atoms with E-state index < -0.39 is 16.2 Å². The molecule has 2 aliphatic rings. The zero-order valence-electron chi connectivity index (χ0n) is 12.8. The first-order valence-corrected chi connectivity index (χ1v) is 9.11. The highest BCUT2D eigenvalue weighted by molar-refractivity contribution is 7.90. The predicted octanol–water partition coefficient (Wildman–Crippen LogP) is 1.10. The van der Waals surface area contributed by atoms with Crippen LogP contribution in [0.15, 0.2) is 18.2 Å². The monoisotopic (exact) mass is 340 g/mol. The van der Waals surface area contributed by atoms with E-state index in [9.17, 15) is 13.2 Å². The van der Waals surface area contributed by atoms with Crippen LogP contribution in [0.3, 0.4) is 0 Å². The van der Waals surface area contributed by atoms with Crippen molar-refractivity contribution >= 4 is 21.9 Å². The van der Waals surface area contributed by atoms with Crippen molar-refractivity contribution in [1.29, 1.82) is 0 Å². The molecule has 0 aromatic heterocycles. The van der Waals surface area contributed by atoms with Crippen LogP contribution in [0.5, 0.6) is 0 Å². The van der Waals surface area contributed by atoms with E-state index in [2.05, 4.69) is 0 Å². The molecule has 0 amide bonds. The molecule has 1 saturated heterocycles. The molecule has 0 atom stereocenters. The average molecular weight is 340 g/mol. The highest BCUT2D eigenvalue weighted by Gasteiger charge is 2.33. The van der Waals surface area contributed by atoms with E-state index >= 15 is 0 Å². The number of carboxylic acids is 1. The third-order valence-corrected chi connectivity index (χ3v) is 6.14. The minimum absolute atomic E-state index is 0.186. The maximum atomic E-state index is 13.0. The number of aromatic carboxylic acids is 1. The second-order valence-electron chi connectivity index (χ2n) is 5.70. The first kappa shape index (κ1) is 16.2. The molecule has 2 heterocycles. The number of hydrogen-bond acceptors (Lipinski definition) is 4. The molecule has 1 aromatic carbocycles. The van der Waals surface area contributed by atoms with Crippen LogP contribution >= 0.6 is 0 Å². The number of fused-ring (bicyclic) bond motifs is 1. The number of rotatable bonds is 3. The van der Waals surface area contributed by atoms with E-state index in [4.69, 9.17) is 9.84 Å². The molecule has 0 spiro atoms. The topological polar surface area (TPSA) is 87.2 Å². The lowest BCUT2D eigenvalue weighted by molar-refractivity contribution is 0.0696. The molecule has 0 saturated carbocycles. The van der Waals surface area contributed by atoms with Crippen molar-refractivity contribution in [2.75, 3.05) is 37.2 Å². The minimum atomic E-state index is -3.62. The summed E-state index contributed by atoms with van der Waals surface area (Å²) >= 11 is 0. The van der Waals surface area contributed by atoms with Crippen molar-refractivity contribution in [3.05, 3.63) is 29.3 Å². The predicted molar refractivity (Wildman–Crippen MR) is 85.0 cm³/mol. The highest BCUT2D eigenvalue weighted by Crippen LogP contribution is 2.31. The summed E-state index contributed by atoms with van der Waals surface area (Å²) in [5.74, 6) is -1.00. The van der Waals surface area contributed by atoms with Gasteiger partial charge in [0.1, 0.15) is 0 Å². The first-order chi connectivity index (χ1) is 11.0. The van der Waals surface area contributed by atoms with Crippen LogP contribution in [-0.4, -0.2) is 56.6 Å². The SMILES string of the molecule is O=C(O)c1ccc2c(c1)CCCN2S(=O)(=O)N1CCCOCC1. The quantitative estimate of drug-likeness (QED) is 0.890. The standard InChI is InChI=1S/C15H20N2O5S/c18-15(19)13-4-5-14-12(11-13)3-1-7-17(14)23(20,21)16-6-2-9-22-10-8-16/h4-5,11H,1-3,6-10H2,(H,18,19). The Bertz CT molecular complexity index is 696. The smallest absolute Gasteiger partial charge is 0.335 e. The normalized spacial score (nSPS) is 19.9. The summed E-state index contributed by atoms with van der Waals surface area (Å²) in [4.78, 5) is 11.1. The number of nitrogens with zero attached hydrogens (tertiary/aromatic N) is 2. The Morgan fingerprint density at radius 1 is 1.13 bits per heavy atom. The number of ether oxygens (including phenoxy) is 1. The Morgan fingerprint density at radius 3 is 2.74 bits per heavy atom. The van der Waals surface area contributed by atoms with Gasteiger partial charge in [0.2, 0.25) is 0 Å². The van der Waals surface area contributed by atoms with Crippen molar-refractivity contribution in [2.45, 2.75) is 19.3 Å². The van der Waals surface area contributed by atoms with Crippen LogP contribution < -0.4 is 4.31 Å². The van der Waals surface area contributed by atoms with Crippen molar-refractivity contribution in [2.24, 2.45) is 0 Å². The summed E-state index contributed by atoms with van der Waals surface area (Å²) in [6.45, 7) is 2.18. The van der Waals surface area contributed by atoms with Crippen LogP contribution in [0.25, 0.3) is 0 Å². The van der Waals surface area contributed by atoms with Gasteiger partial charge in [0.05, 0.1) is 17.9 Å².